The summed E-state index contributed by atoms with van der Waals surface area (Å²) in [5.74, 6) is 0.135. The predicted molar refractivity (Wildman–Crippen MR) is 87.0 cm³/mol. The third-order valence-corrected chi connectivity index (χ3v) is 3.82. The van der Waals surface area contributed by atoms with Crippen molar-refractivity contribution >= 4 is 16.7 Å². The number of H-pyrrole nitrogens is 1. The minimum atomic E-state index is -0.291. The van der Waals surface area contributed by atoms with Crippen LogP contribution in [-0.2, 0) is 0 Å². The van der Waals surface area contributed by atoms with Gasteiger partial charge in [-0.25, -0.2) is 5.10 Å². The average Bonchev–Trinajstić information content (AvgIpc) is 2.47. The largest absolute Gasteiger partial charge is 0.349 e. The van der Waals surface area contributed by atoms with E-state index in [1.54, 1.807) is 24.3 Å². The lowest BCUT2D eigenvalue weighted by Crippen LogP contribution is -2.43. The number of hydrogen-bond acceptors (Lipinski definition) is 4. The highest BCUT2D eigenvalue weighted by atomic mass is 16.2. The maximum absolute atomic E-state index is 12.4. The Hall–Kier alpha value is -2.21. The van der Waals surface area contributed by atoms with Crippen LogP contribution in [0.4, 0.5) is 0 Å². The number of nitrogens with zero attached hydrogens (tertiary/aromatic N) is 2. The van der Waals surface area contributed by atoms with Crippen molar-refractivity contribution in [3.05, 3.63) is 40.3 Å². The van der Waals surface area contributed by atoms with E-state index in [0.29, 0.717) is 23.2 Å². The molecule has 6 heteroatoms. The molecular formula is C16H22N4O2. The second kappa shape index (κ2) is 6.70. The Morgan fingerprint density at radius 3 is 2.50 bits per heavy atom. The summed E-state index contributed by atoms with van der Waals surface area (Å²) < 4.78 is 0. The van der Waals surface area contributed by atoms with Gasteiger partial charge in [0.15, 0.2) is 5.69 Å². The highest BCUT2D eigenvalue weighted by Crippen LogP contribution is 2.12. The zero-order valence-corrected chi connectivity index (χ0v) is 13.4. The van der Waals surface area contributed by atoms with Crippen LogP contribution in [0.2, 0.25) is 0 Å². The smallest absolute Gasteiger partial charge is 0.272 e. The standard InChI is InChI=1S/C16H22N4O2/c1-10(2)13(20(3)4)9-17-16(22)14-11-7-5-6-8-12(11)15(21)19-18-14/h5-8,10,13H,9H2,1-4H3,(H,17,22)(H,19,21)/t13-/m1/s1. The van der Waals surface area contributed by atoms with Gasteiger partial charge in [-0.3, -0.25) is 9.59 Å². The van der Waals surface area contributed by atoms with Gasteiger partial charge in [-0.1, -0.05) is 32.0 Å². The summed E-state index contributed by atoms with van der Waals surface area (Å²) in [6.07, 6.45) is 0. The quantitative estimate of drug-likeness (QED) is 0.871. The summed E-state index contributed by atoms with van der Waals surface area (Å²) in [6, 6.07) is 7.21. The molecule has 22 heavy (non-hydrogen) atoms. The zero-order valence-electron chi connectivity index (χ0n) is 13.4. The number of likely N-dealkylation sites (N-methyl/N-ethyl adjacent to an activating group) is 1. The first-order valence-corrected chi connectivity index (χ1v) is 7.34. The fourth-order valence-electron chi connectivity index (χ4n) is 2.58. The summed E-state index contributed by atoms with van der Waals surface area (Å²) in [7, 11) is 3.98. The molecule has 2 rings (SSSR count). The molecule has 0 aliphatic rings. The SMILES string of the molecule is CC(C)[C@@H](CNC(=O)c1n[nH]c(=O)c2ccccc12)N(C)C. The number of amides is 1. The van der Waals surface area contributed by atoms with Crippen LogP contribution in [0.15, 0.2) is 29.1 Å². The number of rotatable bonds is 5. The van der Waals surface area contributed by atoms with Crippen LogP contribution >= 0.6 is 0 Å². The van der Waals surface area contributed by atoms with Gasteiger partial charge in [0, 0.05) is 18.0 Å². The highest BCUT2D eigenvalue weighted by Gasteiger charge is 2.19. The molecular weight excluding hydrogens is 280 g/mol. The average molecular weight is 302 g/mol. The van der Waals surface area contributed by atoms with Gasteiger partial charge in [0.2, 0.25) is 0 Å². The van der Waals surface area contributed by atoms with E-state index >= 15 is 0 Å². The third kappa shape index (κ3) is 3.33. The molecule has 1 atom stereocenters. The molecule has 0 spiro atoms. The van der Waals surface area contributed by atoms with Gasteiger partial charge >= 0.3 is 0 Å². The van der Waals surface area contributed by atoms with Crippen LogP contribution in [0, 0.1) is 5.92 Å². The van der Waals surface area contributed by atoms with E-state index in [2.05, 4.69) is 34.3 Å². The Balaban J connectivity index is 2.24. The van der Waals surface area contributed by atoms with Crippen molar-refractivity contribution in [2.45, 2.75) is 19.9 Å². The van der Waals surface area contributed by atoms with E-state index < -0.39 is 0 Å². The van der Waals surface area contributed by atoms with Gasteiger partial charge in [0.25, 0.3) is 11.5 Å². The number of nitrogens with one attached hydrogen (secondary N) is 2. The molecule has 1 heterocycles. The lowest BCUT2D eigenvalue weighted by molar-refractivity contribution is 0.0930. The number of carbonyl (C=O) groups excluding carboxylic acids is 1. The Bertz CT molecular complexity index is 713. The second-order valence-corrected chi connectivity index (χ2v) is 5.93. The first-order chi connectivity index (χ1) is 10.4. The molecule has 0 saturated carbocycles. The molecule has 1 aromatic heterocycles. The second-order valence-electron chi connectivity index (χ2n) is 5.93. The first-order valence-electron chi connectivity index (χ1n) is 7.34. The minimum absolute atomic E-state index is 0.234. The maximum Gasteiger partial charge on any atom is 0.272 e. The van der Waals surface area contributed by atoms with Crippen LogP contribution in [-0.4, -0.2) is 47.7 Å². The molecule has 0 unspecified atom stereocenters. The van der Waals surface area contributed by atoms with E-state index in [1.807, 2.05) is 14.1 Å². The van der Waals surface area contributed by atoms with E-state index in [-0.39, 0.29) is 23.2 Å². The summed E-state index contributed by atoms with van der Waals surface area (Å²) in [5.41, 5.74) is -0.0445. The summed E-state index contributed by atoms with van der Waals surface area (Å²) >= 11 is 0. The molecule has 0 aliphatic carbocycles. The molecule has 0 fully saturated rings. The molecule has 2 aromatic rings. The molecule has 118 valence electrons. The molecule has 0 bridgehead atoms. The molecule has 0 radical (unpaired) electrons. The zero-order chi connectivity index (χ0) is 16.3. The number of fused-ring (bicyclic) bond motifs is 1. The molecule has 0 saturated heterocycles. The van der Waals surface area contributed by atoms with Crippen LogP contribution in [0.5, 0.6) is 0 Å². The maximum atomic E-state index is 12.4. The van der Waals surface area contributed by atoms with Crippen molar-refractivity contribution in [1.29, 1.82) is 0 Å². The van der Waals surface area contributed by atoms with E-state index in [0.717, 1.165) is 0 Å². The van der Waals surface area contributed by atoms with Gasteiger partial charge in [0.05, 0.1) is 5.39 Å². The highest BCUT2D eigenvalue weighted by molar-refractivity contribution is 6.04. The monoisotopic (exact) mass is 302 g/mol. The van der Waals surface area contributed by atoms with Crippen molar-refractivity contribution in [3.63, 3.8) is 0 Å². The first kappa shape index (κ1) is 16.2. The molecule has 6 nitrogen and oxygen atoms in total. The third-order valence-electron chi connectivity index (χ3n) is 3.82. The predicted octanol–water partition coefficient (Wildman–Crippen LogP) is 1.24. The van der Waals surface area contributed by atoms with Crippen molar-refractivity contribution in [1.82, 2.24) is 20.4 Å². The Morgan fingerprint density at radius 1 is 1.27 bits per heavy atom. The molecule has 1 aromatic carbocycles. The Morgan fingerprint density at radius 2 is 1.91 bits per heavy atom. The van der Waals surface area contributed by atoms with Gasteiger partial charge in [-0.2, -0.15) is 5.10 Å². The lowest BCUT2D eigenvalue weighted by Gasteiger charge is -2.28. The van der Waals surface area contributed by atoms with Crippen molar-refractivity contribution in [3.8, 4) is 0 Å². The fraction of sp³-hybridized carbons (Fsp3) is 0.438. The van der Waals surface area contributed by atoms with Gasteiger partial charge in [-0.05, 0) is 26.1 Å². The number of hydrogen-bond donors (Lipinski definition) is 2. The van der Waals surface area contributed by atoms with Gasteiger partial charge < -0.3 is 10.2 Å². The van der Waals surface area contributed by atoms with E-state index in [4.69, 9.17) is 0 Å². The summed E-state index contributed by atoms with van der Waals surface area (Å²) in [5, 5.41) is 10.2. The Kier molecular flexibility index (Phi) is 4.92. The van der Waals surface area contributed by atoms with Crippen molar-refractivity contribution in [2.75, 3.05) is 20.6 Å². The number of benzene rings is 1. The molecule has 0 aliphatic heterocycles. The number of aromatic amines is 1. The molecule has 2 N–H and O–H groups in total. The van der Waals surface area contributed by atoms with Crippen LogP contribution < -0.4 is 10.9 Å². The summed E-state index contributed by atoms with van der Waals surface area (Å²) in [4.78, 5) is 26.2. The van der Waals surface area contributed by atoms with Gasteiger partial charge in [-0.15, -0.1) is 0 Å². The number of aromatic nitrogens is 2. The Labute approximate surface area is 129 Å². The number of carbonyl (C=O) groups is 1. The van der Waals surface area contributed by atoms with Crippen molar-refractivity contribution < 1.29 is 4.79 Å². The fourth-order valence-corrected chi connectivity index (χ4v) is 2.58. The van der Waals surface area contributed by atoms with Crippen LogP contribution in [0.25, 0.3) is 10.8 Å². The van der Waals surface area contributed by atoms with Crippen LogP contribution in [0.1, 0.15) is 24.3 Å². The lowest BCUT2D eigenvalue weighted by atomic mass is 10.0. The molecule has 1 amide bonds. The normalized spacial score (nSPS) is 12.8. The van der Waals surface area contributed by atoms with E-state index in [1.165, 1.54) is 0 Å². The van der Waals surface area contributed by atoms with Crippen molar-refractivity contribution in [2.24, 2.45) is 5.92 Å². The van der Waals surface area contributed by atoms with E-state index in [9.17, 15) is 9.59 Å². The summed E-state index contributed by atoms with van der Waals surface area (Å²) in [6.45, 7) is 4.76. The van der Waals surface area contributed by atoms with Crippen LogP contribution in [0.3, 0.4) is 0 Å². The minimum Gasteiger partial charge on any atom is -0.349 e. The topological polar surface area (TPSA) is 78.1 Å². The van der Waals surface area contributed by atoms with Gasteiger partial charge in [0.1, 0.15) is 0 Å².